The fraction of sp³-hybridized carbons (Fsp3) is 0.130. The number of sulfonamides is 1. The average Bonchev–Trinajstić information content (AvgIpc) is 3.32. The van der Waals surface area contributed by atoms with E-state index in [1.807, 2.05) is 24.3 Å². The number of amides is 3. The van der Waals surface area contributed by atoms with Gasteiger partial charge < -0.3 is 14.8 Å². The molecule has 3 amide bonds. The topological polar surface area (TPSA) is 111 Å². The molecule has 5 rings (SSSR count). The van der Waals surface area contributed by atoms with Crippen LogP contribution in [0.5, 0.6) is 0 Å². The van der Waals surface area contributed by atoms with Gasteiger partial charge in [-0.2, -0.15) is 0 Å². The van der Waals surface area contributed by atoms with Crippen molar-refractivity contribution in [2.45, 2.75) is 18.0 Å². The fourth-order valence-corrected chi connectivity index (χ4v) is 6.08. The molecule has 174 valence electrons. The van der Waals surface area contributed by atoms with E-state index >= 15 is 0 Å². The molecule has 0 saturated heterocycles. The summed E-state index contributed by atoms with van der Waals surface area (Å²) >= 11 is 1.37. The van der Waals surface area contributed by atoms with Crippen LogP contribution in [-0.2, 0) is 23.1 Å². The van der Waals surface area contributed by atoms with Crippen LogP contribution in [0.4, 0.5) is 21.9 Å². The molecule has 34 heavy (non-hydrogen) atoms. The second-order valence-corrected chi connectivity index (χ2v) is 10.3. The molecule has 0 spiro atoms. The minimum Gasteiger partial charge on any atom is -0.348 e. The SMILES string of the molecule is CN1C(=O)N(Cc2ccccc2)S(=O)(=O)c2cc(C(=O)NCc3ccc4c(c3)NSN4)ccc21. The van der Waals surface area contributed by atoms with Crippen LogP contribution in [-0.4, -0.2) is 31.7 Å². The Hall–Kier alpha value is -3.70. The molecule has 2 aliphatic rings. The van der Waals surface area contributed by atoms with Crippen molar-refractivity contribution < 1.29 is 18.0 Å². The molecule has 11 heteroatoms. The van der Waals surface area contributed by atoms with E-state index in [-0.39, 0.29) is 29.2 Å². The zero-order valence-electron chi connectivity index (χ0n) is 18.1. The number of nitrogens with one attached hydrogen (secondary N) is 3. The van der Waals surface area contributed by atoms with Gasteiger partial charge >= 0.3 is 6.03 Å². The summed E-state index contributed by atoms with van der Waals surface area (Å²) in [5, 5.41) is 2.83. The third-order valence-corrected chi connectivity index (χ3v) is 8.07. The number of carbonyl (C=O) groups excluding carboxylic acids is 2. The van der Waals surface area contributed by atoms with Crippen LogP contribution >= 0.6 is 12.1 Å². The smallest absolute Gasteiger partial charge is 0.338 e. The molecule has 0 bridgehead atoms. The molecular formula is C23H21N5O4S2. The number of hydrogen-bond acceptors (Lipinski definition) is 7. The van der Waals surface area contributed by atoms with Gasteiger partial charge in [0, 0.05) is 19.2 Å². The van der Waals surface area contributed by atoms with Crippen molar-refractivity contribution in [1.82, 2.24) is 9.62 Å². The predicted octanol–water partition coefficient (Wildman–Crippen LogP) is 3.78. The number of hydrogen-bond donors (Lipinski definition) is 3. The molecule has 0 aliphatic carbocycles. The standard InChI is InChI=1S/C23H21N5O4S2/c1-27-20-10-8-17(22(29)24-13-16-7-9-18-19(11-16)26-33-25-18)12-21(20)34(31,32)28(23(27)30)14-15-5-3-2-4-6-15/h2-12,25-26H,13-14H2,1H3,(H,24,29). The fourth-order valence-electron chi connectivity index (χ4n) is 3.83. The maximum absolute atomic E-state index is 13.4. The van der Waals surface area contributed by atoms with Crippen LogP contribution in [0, 0.1) is 0 Å². The van der Waals surface area contributed by atoms with E-state index in [4.69, 9.17) is 0 Å². The van der Waals surface area contributed by atoms with Crippen molar-refractivity contribution in [3.05, 3.63) is 83.4 Å². The average molecular weight is 496 g/mol. The molecule has 3 aromatic carbocycles. The predicted molar refractivity (Wildman–Crippen MR) is 132 cm³/mol. The molecule has 2 heterocycles. The third-order valence-electron chi connectivity index (χ3n) is 5.68. The molecule has 0 fully saturated rings. The number of urea groups is 1. The van der Waals surface area contributed by atoms with Crippen LogP contribution in [0.15, 0.2) is 71.6 Å². The van der Waals surface area contributed by atoms with Gasteiger partial charge in [0.25, 0.3) is 15.9 Å². The minimum absolute atomic E-state index is 0.0805. The summed E-state index contributed by atoms with van der Waals surface area (Å²) in [6.45, 7) is 0.183. The summed E-state index contributed by atoms with van der Waals surface area (Å²) < 4.78 is 33.8. The molecule has 3 aromatic rings. The number of nitrogens with zero attached hydrogens (tertiary/aromatic N) is 2. The summed E-state index contributed by atoms with van der Waals surface area (Å²) in [5.41, 5.74) is 3.92. The second kappa shape index (κ2) is 8.58. The van der Waals surface area contributed by atoms with Crippen LogP contribution < -0.4 is 19.7 Å². The van der Waals surface area contributed by atoms with E-state index in [0.29, 0.717) is 5.56 Å². The highest BCUT2D eigenvalue weighted by atomic mass is 32.2. The molecule has 0 atom stereocenters. The zero-order valence-corrected chi connectivity index (χ0v) is 19.7. The number of carbonyl (C=O) groups is 2. The molecular weight excluding hydrogens is 474 g/mol. The Bertz CT molecular complexity index is 1400. The van der Waals surface area contributed by atoms with Gasteiger partial charge in [0.2, 0.25) is 0 Å². The van der Waals surface area contributed by atoms with Crippen molar-refractivity contribution >= 4 is 51.2 Å². The first-order valence-corrected chi connectivity index (χ1v) is 12.7. The first kappa shape index (κ1) is 22.1. The maximum Gasteiger partial charge on any atom is 0.338 e. The molecule has 0 aromatic heterocycles. The van der Waals surface area contributed by atoms with Crippen LogP contribution in [0.3, 0.4) is 0 Å². The number of rotatable bonds is 5. The summed E-state index contributed by atoms with van der Waals surface area (Å²) in [6, 6.07) is 18.3. The lowest BCUT2D eigenvalue weighted by atomic mass is 10.1. The van der Waals surface area contributed by atoms with Gasteiger partial charge in [-0.25, -0.2) is 17.5 Å². The maximum atomic E-state index is 13.4. The van der Waals surface area contributed by atoms with Crippen LogP contribution in [0.25, 0.3) is 0 Å². The Labute approximate surface area is 201 Å². The normalized spacial score (nSPS) is 15.7. The number of fused-ring (bicyclic) bond motifs is 2. The Balaban J connectivity index is 1.39. The molecule has 0 radical (unpaired) electrons. The van der Waals surface area contributed by atoms with Crippen molar-refractivity contribution in [1.29, 1.82) is 0 Å². The van der Waals surface area contributed by atoms with E-state index in [0.717, 1.165) is 21.2 Å². The first-order chi connectivity index (χ1) is 16.3. The molecule has 2 aliphatic heterocycles. The van der Waals surface area contributed by atoms with Crippen molar-refractivity contribution in [3.8, 4) is 0 Å². The number of benzene rings is 3. The van der Waals surface area contributed by atoms with Crippen molar-refractivity contribution in [3.63, 3.8) is 0 Å². The van der Waals surface area contributed by atoms with Gasteiger partial charge in [-0.3, -0.25) is 9.69 Å². The number of anilines is 3. The van der Waals surface area contributed by atoms with Gasteiger partial charge in [0.05, 0.1) is 35.7 Å². The lowest BCUT2D eigenvalue weighted by Crippen LogP contribution is -2.48. The second-order valence-electron chi connectivity index (χ2n) is 7.89. The summed E-state index contributed by atoms with van der Waals surface area (Å²) in [5.74, 6) is -0.409. The van der Waals surface area contributed by atoms with E-state index in [1.165, 1.54) is 42.3 Å². The Morgan fingerprint density at radius 1 is 0.971 bits per heavy atom. The monoisotopic (exact) mass is 495 g/mol. The van der Waals surface area contributed by atoms with Gasteiger partial charge in [0.1, 0.15) is 4.90 Å². The highest BCUT2D eigenvalue weighted by Crippen LogP contribution is 2.35. The highest BCUT2D eigenvalue weighted by Gasteiger charge is 2.40. The Morgan fingerprint density at radius 3 is 2.53 bits per heavy atom. The first-order valence-electron chi connectivity index (χ1n) is 10.4. The van der Waals surface area contributed by atoms with E-state index < -0.39 is 22.0 Å². The minimum atomic E-state index is -4.15. The molecule has 9 nitrogen and oxygen atoms in total. The van der Waals surface area contributed by atoms with E-state index in [1.54, 1.807) is 24.3 Å². The molecule has 0 unspecified atom stereocenters. The van der Waals surface area contributed by atoms with Gasteiger partial charge in [-0.1, -0.05) is 36.4 Å². The van der Waals surface area contributed by atoms with Gasteiger partial charge in [-0.05, 0) is 41.5 Å². The van der Waals surface area contributed by atoms with Crippen LogP contribution in [0.2, 0.25) is 0 Å². The van der Waals surface area contributed by atoms with Crippen molar-refractivity contribution in [2.75, 3.05) is 21.4 Å². The summed E-state index contributed by atoms with van der Waals surface area (Å²) in [4.78, 5) is 26.9. The lowest BCUT2D eigenvalue weighted by molar-refractivity contribution is 0.0950. The summed E-state index contributed by atoms with van der Waals surface area (Å²) in [7, 11) is -2.63. The third kappa shape index (κ3) is 3.93. The molecule has 3 N–H and O–H groups in total. The van der Waals surface area contributed by atoms with Crippen molar-refractivity contribution in [2.24, 2.45) is 0 Å². The van der Waals surface area contributed by atoms with E-state index in [9.17, 15) is 18.0 Å². The van der Waals surface area contributed by atoms with Gasteiger partial charge in [-0.15, -0.1) is 0 Å². The van der Waals surface area contributed by atoms with Gasteiger partial charge in [0.15, 0.2) is 0 Å². The molecule has 0 saturated carbocycles. The Kier molecular flexibility index (Phi) is 5.58. The lowest BCUT2D eigenvalue weighted by Gasteiger charge is -2.34. The highest BCUT2D eigenvalue weighted by molar-refractivity contribution is 8.02. The quantitative estimate of drug-likeness (QED) is 0.462. The Morgan fingerprint density at radius 2 is 1.74 bits per heavy atom. The van der Waals surface area contributed by atoms with E-state index in [2.05, 4.69) is 14.8 Å². The zero-order chi connectivity index (χ0) is 23.9. The van der Waals surface area contributed by atoms with Crippen LogP contribution in [0.1, 0.15) is 21.5 Å². The summed E-state index contributed by atoms with van der Waals surface area (Å²) in [6.07, 6.45) is 0. The largest absolute Gasteiger partial charge is 0.348 e.